The molecule has 0 saturated carbocycles. The lowest BCUT2D eigenvalue weighted by molar-refractivity contribution is 0.0940. The van der Waals surface area contributed by atoms with Crippen LogP contribution in [-0.2, 0) is 4.74 Å². The summed E-state index contributed by atoms with van der Waals surface area (Å²) in [6.45, 7) is 5.76. The summed E-state index contributed by atoms with van der Waals surface area (Å²) < 4.78 is 5.36. The Morgan fingerprint density at radius 3 is 2.90 bits per heavy atom. The largest absolute Gasteiger partial charge is 0.384 e. The quantitative estimate of drug-likeness (QED) is 0.595. The molecule has 21 heavy (non-hydrogen) atoms. The summed E-state index contributed by atoms with van der Waals surface area (Å²) >= 11 is 0. The average molecular weight is 289 g/mol. The highest BCUT2D eigenvalue weighted by Gasteiger charge is 2.10. The van der Waals surface area contributed by atoms with Crippen LogP contribution < -0.4 is 5.32 Å². The van der Waals surface area contributed by atoms with Crippen molar-refractivity contribution in [3.8, 4) is 11.8 Å². The lowest BCUT2D eigenvalue weighted by Gasteiger charge is -2.09. The summed E-state index contributed by atoms with van der Waals surface area (Å²) in [5, 5.41) is 11.6. The zero-order chi connectivity index (χ0) is 15.5. The summed E-state index contributed by atoms with van der Waals surface area (Å²) in [6.07, 6.45) is 1.81. The van der Waals surface area contributed by atoms with E-state index in [0.29, 0.717) is 18.7 Å². The van der Waals surface area contributed by atoms with Gasteiger partial charge < -0.3 is 15.2 Å². The van der Waals surface area contributed by atoms with E-state index in [1.165, 1.54) is 0 Å². The lowest BCUT2D eigenvalue weighted by Crippen LogP contribution is -2.26. The molecule has 0 aliphatic heterocycles. The van der Waals surface area contributed by atoms with Crippen molar-refractivity contribution < 1.29 is 14.6 Å². The van der Waals surface area contributed by atoms with Gasteiger partial charge in [-0.05, 0) is 37.5 Å². The van der Waals surface area contributed by atoms with Gasteiger partial charge >= 0.3 is 0 Å². The maximum atomic E-state index is 12.1. The van der Waals surface area contributed by atoms with Crippen molar-refractivity contribution in [2.24, 2.45) is 0 Å². The number of nitrogens with one attached hydrogen (secondary N) is 1. The Hall–Kier alpha value is -1.83. The third-order valence-electron chi connectivity index (χ3n) is 2.98. The van der Waals surface area contributed by atoms with E-state index in [-0.39, 0.29) is 12.5 Å². The number of ether oxygens (including phenoxy) is 1. The van der Waals surface area contributed by atoms with Crippen molar-refractivity contribution in [1.29, 1.82) is 0 Å². The van der Waals surface area contributed by atoms with Crippen molar-refractivity contribution in [3.63, 3.8) is 0 Å². The Kier molecular flexibility index (Phi) is 8.18. The zero-order valence-corrected chi connectivity index (χ0v) is 12.7. The minimum Gasteiger partial charge on any atom is -0.384 e. The Morgan fingerprint density at radius 1 is 1.38 bits per heavy atom. The molecule has 114 valence electrons. The zero-order valence-electron chi connectivity index (χ0n) is 12.7. The summed E-state index contributed by atoms with van der Waals surface area (Å²) in [5.41, 5.74) is 2.22. The third kappa shape index (κ3) is 5.99. The van der Waals surface area contributed by atoms with Gasteiger partial charge in [0.2, 0.25) is 0 Å². The van der Waals surface area contributed by atoms with Crippen LogP contribution in [0.5, 0.6) is 0 Å². The smallest absolute Gasteiger partial charge is 0.251 e. The number of carbonyl (C=O) groups is 1. The van der Waals surface area contributed by atoms with Crippen LogP contribution in [0.4, 0.5) is 0 Å². The second kappa shape index (κ2) is 9.98. The Balaban J connectivity index is 2.54. The number of amides is 1. The van der Waals surface area contributed by atoms with E-state index >= 15 is 0 Å². The maximum absolute atomic E-state index is 12.1. The predicted molar refractivity (Wildman–Crippen MR) is 83.2 cm³/mol. The standard InChI is InChI=1S/C17H23NO3/c1-3-12-21-13-6-10-18-17(20)16-9-4-7-15(14(16)2)8-5-11-19/h4,7,9,19H,3,6,10-13H2,1-2H3,(H,18,20). The topological polar surface area (TPSA) is 58.6 Å². The van der Waals surface area contributed by atoms with Gasteiger partial charge in [-0.1, -0.05) is 24.8 Å². The summed E-state index contributed by atoms with van der Waals surface area (Å²) in [7, 11) is 0. The molecule has 0 spiro atoms. The molecule has 0 heterocycles. The van der Waals surface area contributed by atoms with Crippen LogP contribution in [-0.4, -0.2) is 37.4 Å². The van der Waals surface area contributed by atoms with E-state index in [0.717, 1.165) is 30.6 Å². The Labute approximate surface area is 126 Å². The second-order valence-corrected chi connectivity index (χ2v) is 4.66. The molecule has 1 rings (SSSR count). The highest BCUT2D eigenvalue weighted by atomic mass is 16.5. The van der Waals surface area contributed by atoms with E-state index in [1.807, 2.05) is 13.0 Å². The van der Waals surface area contributed by atoms with Crippen LogP contribution in [0.3, 0.4) is 0 Å². The molecule has 0 saturated heterocycles. The van der Waals surface area contributed by atoms with Crippen molar-refractivity contribution in [2.45, 2.75) is 26.7 Å². The average Bonchev–Trinajstić information content (AvgIpc) is 2.49. The molecule has 0 unspecified atom stereocenters. The van der Waals surface area contributed by atoms with Crippen molar-refractivity contribution >= 4 is 5.91 Å². The van der Waals surface area contributed by atoms with Crippen LogP contribution in [0, 0.1) is 18.8 Å². The molecule has 4 heteroatoms. The van der Waals surface area contributed by atoms with E-state index < -0.39 is 0 Å². The van der Waals surface area contributed by atoms with Crippen LogP contribution in [0.15, 0.2) is 18.2 Å². The Bertz CT molecular complexity index is 515. The van der Waals surface area contributed by atoms with Crippen molar-refractivity contribution in [2.75, 3.05) is 26.4 Å². The van der Waals surface area contributed by atoms with Gasteiger partial charge in [-0.15, -0.1) is 0 Å². The summed E-state index contributed by atoms with van der Waals surface area (Å²) in [6, 6.07) is 5.42. The summed E-state index contributed by atoms with van der Waals surface area (Å²) in [5.74, 6) is 5.35. The molecular weight excluding hydrogens is 266 g/mol. The number of aliphatic hydroxyl groups excluding tert-OH is 1. The molecule has 4 nitrogen and oxygen atoms in total. The van der Waals surface area contributed by atoms with Crippen LogP contribution in [0.25, 0.3) is 0 Å². The van der Waals surface area contributed by atoms with Gasteiger partial charge in [0, 0.05) is 30.9 Å². The number of aliphatic hydroxyl groups is 1. The van der Waals surface area contributed by atoms with E-state index in [4.69, 9.17) is 9.84 Å². The molecule has 0 aliphatic carbocycles. The van der Waals surface area contributed by atoms with Gasteiger partial charge in [-0.2, -0.15) is 0 Å². The highest BCUT2D eigenvalue weighted by molar-refractivity contribution is 5.96. The van der Waals surface area contributed by atoms with Gasteiger partial charge in [-0.3, -0.25) is 4.79 Å². The number of hydrogen-bond acceptors (Lipinski definition) is 3. The molecule has 0 fully saturated rings. The van der Waals surface area contributed by atoms with Gasteiger partial charge in [0.1, 0.15) is 6.61 Å². The maximum Gasteiger partial charge on any atom is 0.251 e. The number of rotatable bonds is 7. The highest BCUT2D eigenvalue weighted by Crippen LogP contribution is 2.12. The van der Waals surface area contributed by atoms with E-state index in [2.05, 4.69) is 24.1 Å². The van der Waals surface area contributed by atoms with Crippen LogP contribution in [0.1, 0.15) is 41.3 Å². The fraction of sp³-hybridized carbons (Fsp3) is 0.471. The van der Waals surface area contributed by atoms with E-state index in [1.54, 1.807) is 12.1 Å². The molecule has 0 aromatic heterocycles. The van der Waals surface area contributed by atoms with Crippen LogP contribution in [0.2, 0.25) is 0 Å². The predicted octanol–water partition coefficient (Wildman–Crippen LogP) is 1.89. The molecular formula is C17H23NO3. The molecule has 1 aromatic carbocycles. The third-order valence-corrected chi connectivity index (χ3v) is 2.98. The molecule has 2 N–H and O–H groups in total. The summed E-state index contributed by atoms with van der Waals surface area (Å²) in [4.78, 5) is 12.1. The first kappa shape index (κ1) is 17.2. The van der Waals surface area contributed by atoms with Gasteiger partial charge in [0.15, 0.2) is 0 Å². The second-order valence-electron chi connectivity index (χ2n) is 4.66. The molecule has 0 atom stereocenters. The van der Waals surface area contributed by atoms with Crippen LogP contribution >= 0.6 is 0 Å². The monoisotopic (exact) mass is 289 g/mol. The van der Waals surface area contributed by atoms with Gasteiger partial charge in [0.05, 0.1) is 0 Å². The Morgan fingerprint density at radius 2 is 2.19 bits per heavy atom. The molecule has 0 radical (unpaired) electrons. The minimum atomic E-state index is -0.187. The SMILES string of the molecule is CCCOCCCNC(=O)c1cccc(C#CCO)c1C. The first-order chi connectivity index (χ1) is 10.2. The molecule has 0 aliphatic rings. The molecule has 1 amide bonds. The first-order valence-corrected chi connectivity index (χ1v) is 7.26. The first-order valence-electron chi connectivity index (χ1n) is 7.26. The molecule has 0 bridgehead atoms. The fourth-order valence-corrected chi connectivity index (χ4v) is 1.87. The lowest BCUT2D eigenvalue weighted by atomic mass is 10.0. The van der Waals surface area contributed by atoms with Gasteiger partial charge in [0.25, 0.3) is 5.91 Å². The number of carbonyl (C=O) groups excluding carboxylic acids is 1. The van der Waals surface area contributed by atoms with Crippen molar-refractivity contribution in [3.05, 3.63) is 34.9 Å². The van der Waals surface area contributed by atoms with Gasteiger partial charge in [-0.25, -0.2) is 0 Å². The normalized spacial score (nSPS) is 9.86. The fourth-order valence-electron chi connectivity index (χ4n) is 1.87. The number of hydrogen-bond donors (Lipinski definition) is 2. The van der Waals surface area contributed by atoms with E-state index in [9.17, 15) is 4.79 Å². The minimum absolute atomic E-state index is 0.101. The molecule has 1 aromatic rings. The number of benzene rings is 1. The van der Waals surface area contributed by atoms with Crippen molar-refractivity contribution in [1.82, 2.24) is 5.32 Å².